The van der Waals surface area contributed by atoms with E-state index in [0.29, 0.717) is 6.04 Å². The van der Waals surface area contributed by atoms with Crippen molar-refractivity contribution in [2.24, 2.45) is 0 Å². The number of anilines is 1. The summed E-state index contributed by atoms with van der Waals surface area (Å²) in [6.45, 7) is 11.6. The molecule has 160 valence electrons. The molecule has 0 bridgehead atoms. The maximum Gasteiger partial charge on any atom is 0.0402 e. The van der Waals surface area contributed by atoms with E-state index in [1.165, 1.54) is 67.7 Å². The summed E-state index contributed by atoms with van der Waals surface area (Å²) in [4.78, 5) is 7.65. The van der Waals surface area contributed by atoms with Crippen molar-refractivity contribution in [3.63, 3.8) is 0 Å². The largest absolute Gasteiger partial charge is 0.369 e. The van der Waals surface area contributed by atoms with Crippen LogP contribution in [-0.2, 0) is 26.1 Å². The van der Waals surface area contributed by atoms with Gasteiger partial charge < -0.3 is 4.90 Å². The number of nitrogens with zero attached hydrogens (tertiary/aromatic N) is 3. The summed E-state index contributed by atoms with van der Waals surface area (Å²) >= 11 is 0. The summed E-state index contributed by atoms with van der Waals surface area (Å²) in [6, 6.07) is 15.2. The van der Waals surface area contributed by atoms with Gasteiger partial charge in [-0.2, -0.15) is 0 Å². The second kappa shape index (κ2) is 8.36. The zero-order valence-electron chi connectivity index (χ0n) is 19.0. The number of benzene rings is 2. The molecule has 0 aliphatic carbocycles. The predicted octanol–water partition coefficient (Wildman–Crippen LogP) is 5.17. The monoisotopic (exact) mass is 403 g/mol. The summed E-state index contributed by atoms with van der Waals surface area (Å²) < 4.78 is 0. The molecule has 5 rings (SSSR count). The predicted molar refractivity (Wildman–Crippen MR) is 126 cm³/mol. The third-order valence-corrected chi connectivity index (χ3v) is 7.51. The van der Waals surface area contributed by atoms with Crippen molar-refractivity contribution in [1.82, 2.24) is 9.80 Å². The van der Waals surface area contributed by atoms with Crippen molar-refractivity contribution in [3.8, 4) is 0 Å². The lowest BCUT2D eigenvalue weighted by Gasteiger charge is -2.24. The van der Waals surface area contributed by atoms with Gasteiger partial charge in [-0.1, -0.05) is 30.3 Å². The van der Waals surface area contributed by atoms with Crippen molar-refractivity contribution in [3.05, 3.63) is 64.2 Å². The SMILES string of the molecule is CC(C)N1CCc2cc(C3CCCN(Cc4ccc5c(c4)CN(C)C5)CC3)ccc21. The average Bonchev–Trinajstić information content (AvgIpc) is 3.23. The molecule has 30 heavy (non-hydrogen) atoms. The lowest BCUT2D eigenvalue weighted by molar-refractivity contribution is 0.275. The number of hydrogen-bond acceptors (Lipinski definition) is 3. The minimum atomic E-state index is 0.600. The molecule has 2 aromatic rings. The average molecular weight is 404 g/mol. The van der Waals surface area contributed by atoms with Crippen LogP contribution in [0.2, 0.25) is 0 Å². The molecule has 1 unspecified atom stereocenters. The molecule has 3 heteroatoms. The van der Waals surface area contributed by atoms with Crippen LogP contribution in [0.4, 0.5) is 5.69 Å². The summed E-state index contributed by atoms with van der Waals surface area (Å²) in [5, 5.41) is 0. The van der Waals surface area contributed by atoms with E-state index in [2.05, 4.69) is 72.0 Å². The van der Waals surface area contributed by atoms with Gasteiger partial charge in [-0.05, 0) is 99.5 Å². The summed E-state index contributed by atoms with van der Waals surface area (Å²) in [5.41, 5.74) is 9.19. The molecule has 3 heterocycles. The Hall–Kier alpha value is -1.84. The minimum absolute atomic E-state index is 0.600. The minimum Gasteiger partial charge on any atom is -0.369 e. The first-order chi connectivity index (χ1) is 14.6. The Balaban J connectivity index is 1.23. The molecule has 0 N–H and O–H groups in total. The van der Waals surface area contributed by atoms with E-state index in [9.17, 15) is 0 Å². The third kappa shape index (κ3) is 4.02. The zero-order chi connectivity index (χ0) is 20.7. The Morgan fingerprint density at radius 2 is 1.77 bits per heavy atom. The number of hydrogen-bond donors (Lipinski definition) is 0. The van der Waals surface area contributed by atoms with Crippen molar-refractivity contribution in [1.29, 1.82) is 0 Å². The quantitative estimate of drug-likeness (QED) is 0.697. The normalized spacial score (nSPS) is 22.4. The van der Waals surface area contributed by atoms with Gasteiger partial charge in [0.25, 0.3) is 0 Å². The zero-order valence-corrected chi connectivity index (χ0v) is 19.0. The van der Waals surface area contributed by atoms with Crippen LogP contribution in [-0.4, -0.2) is 42.5 Å². The van der Waals surface area contributed by atoms with Gasteiger partial charge in [-0.15, -0.1) is 0 Å². The van der Waals surface area contributed by atoms with Gasteiger partial charge in [0, 0.05) is 37.9 Å². The highest BCUT2D eigenvalue weighted by Crippen LogP contribution is 2.35. The van der Waals surface area contributed by atoms with Crippen molar-refractivity contribution in [2.45, 2.75) is 71.1 Å². The first kappa shape index (κ1) is 20.1. The molecule has 0 amide bonds. The molecule has 3 aliphatic heterocycles. The van der Waals surface area contributed by atoms with Crippen molar-refractivity contribution >= 4 is 5.69 Å². The molecule has 0 spiro atoms. The summed E-state index contributed by atoms with van der Waals surface area (Å²) in [7, 11) is 2.22. The van der Waals surface area contributed by atoms with Gasteiger partial charge in [0.15, 0.2) is 0 Å². The highest BCUT2D eigenvalue weighted by Gasteiger charge is 2.24. The van der Waals surface area contributed by atoms with Crippen LogP contribution in [0.3, 0.4) is 0 Å². The molecule has 1 saturated heterocycles. The van der Waals surface area contributed by atoms with E-state index >= 15 is 0 Å². The van der Waals surface area contributed by atoms with Crippen LogP contribution in [0.25, 0.3) is 0 Å². The number of rotatable bonds is 4. The number of likely N-dealkylation sites (tertiary alicyclic amines) is 1. The maximum absolute atomic E-state index is 2.69. The molecule has 3 aliphatic rings. The first-order valence-corrected chi connectivity index (χ1v) is 12.0. The van der Waals surface area contributed by atoms with Gasteiger partial charge in [0.1, 0.15) is 0 Å². The number of fused-ring (bicyclic) bond motifs is 2. The van der Waals surface area contributed by atoms with E-state index in [-0.39, 0.29) is 0 Å². The Bertz CT molecular complexity index is 903. The van der Waals surface area contributed by atoms with Gasteiger partial charge in [0.2, 0.25) is 0 Å². The fourth-order valence-corrected chi connectivity index (χ4v) is 5.86. The van der Waals surface area contributed by atoms with Crippen molar-refractivity contribution in [2.75, 3.05) is 31.6 Å². The standard InChI is InChI=1S/C27H37N3/c1-20(2)30-14-11-24-16-23(8-9-27(24)30)22-5-4-12-29(13-10-22)17-21-6-7-25-18-28(3)19-26(25)15-21/h6-9,15-16,20,22H,4-5,10-14,17-19H2,1-3H3. The topological polar surface area (TPSA) is 9.72 Å². The summed E-state index contributed by atoms with van der Waals surface area (Å²) in [5.74, 6) is 0.724. The maximum atomic E-state index is 2.69. The Labute approximate surface area is 182 Å². The van der Waals surface area contributed by atoms with Gasteiger partial charge in [-0.3, -0.25) is 9.80 Å². The van der Waals surface area contributed by atoms with Crippen LogP contribution in [0, 0.1) is 0 Å². The Kier molecular flexibility index (Phi) is 5.59. The van der Waals surface area contributed by atoms with Crippen LogP contribution in [0.1, 0.15) is 66.8 Å². The van der Waals surface area contributed by atoms with Gasteiger partial charge >= 0.3 is 0 Å². The molecule has 0 aromatic heterocycles. The third-order valence-electron chi connectivity index (χ3n) is 7.51. The second-order valence-electron chi connectivity index (χ2n) is 10.1. The highest BCUT2D eigenvalue weighted by molar-refractivity contribution is 5.60. The molecule has 1 fully saturated rings. The fourth-order valence-electron chi connectivity index (χ4n) is 5.86. The Morgan fingerprint density at radius 1 is 0.900 bits per heavy atom. The molecule has 2 aromatic carbocycles. The van der Waals surface area contributed by atoms with E-state index in [4.69, 9.17) is 0 Å². The molecule has 1 atom stereocenters. The summed E-state index contributed by atoms with van der Waals surface area (Å²) in [6.07, 6.45) is 5.15. The van der Waals surface area contributed by atoms with Gasteiger partial charge in [0.05, 0.1) is 0 Å². The molecule has 0 saturated carbocycles. The van der Waals surface area contributed by atoms with Crippen LogP contribution >= 0.6 is 0 Å². The molecular formula is C27H37N3. The molecular weight excluding hydrogens is 366 g/mol. The van der Waals surface area contributed by atoms with Crippen LogP contribution in [0.15, 0.2) is 36.4 Å². The second-order valence-corrected chi connectivity index (χ2v) is 10.1. The van der Waals surface area contributed by atoms with E-state index in [1.807, 2.05) is 0 Å². The van der Waals surface area contributed by atoms with E-state index in [1.54, 1.807) is 11.1 Å². The fraction of sp³-hybridized carbons (Fsp3) is 0.556. The smallest absolute Gasteiger partial charge is 0.0402 e. The van der Waals surface area contributed by atoms with E-state index < -0.39 is 0 Å². The van der Waals surface area contributed by atoms with Crippen LogP contribution in [0.5, 0.6) is 0 Å². The lowest BCUT2D eigenvalue weighted by atomic mass is 9.90. The molecule has 3 nitrogen and oxygen atoms in total. The lowest BCUT2D eigenvalue weighted by Crippen LogP contribution is -2.28. The van der Waals surface area contributed by atoms with Crippen LogP contribution < -0.4 is 4.90 Å². The Morgan fingerprint density at radius 3 is 2.63 bits per heavy atom. The molecule has 0 radical (unpaired) electrons. The highest BCUT2D eigenvalue weighted by atomic mass is 15.2. The van der Waals surface area contributed by atoms with Gasteiger partial charge in [-0.25, -0.2) is 0 Å². The van der Waals surface area contributed by atoms with E-state index in [0.717, 1.165) is 25.6 Å². The van der Waals surface area contributed by atoms with Crippen molar-refractivity contribution < 1.29 is 0 Å². The first-order valence-electron chi connectivity index (χ1n) is 12.0.